The van der Waals surface area contributed by atoms with Crippen molar-refractivity contribution < 1.29 is 19.4 Å². The molecule has 0 radical (unpaired) electrons. The molecule has 0 fully saturated rings. The number of carboxylic acids is 1. The Bertz CT molecular complexity index is 920. The molecule has 0 unspecified atom stereocenters. The molecule has 2 aromatic carbocycles. The lowest BCUT2D eigenvalue weighted by Gasteiger charge is -2.14. The van der Waals surface area contributed by atoms with Gasteiger partial charge in [0, 0.05) is 17.0 Å². The first-order valence-corrected chi connectivity index (χ1v) is 7.42. The second-order valence-electron chi connectivity index (χ2n) is 5.36. The molecular formula is C19H17NO4. The molecule has 0 aliphatic rings. The largest absolute Gasteiger partial charge is 0.493 e. The van der Waals surface area contributed by atoms with Crippen LogP contribution < -0.4 is 9.47 Å². The van der Waals surface area contributed by atoms with E-state index in [0.717, 1.165) is 5.56 Å². The van der Waals surface area contributed by atoms with Crippen molar-refractivity contribution in [3.8, 4) is 22.8 Å². The summed E-state index contributed by atoms with van der Waals surface area (Å²) >= 11 is 0. The van der Waals surface area contributed by atoms with Crippen molar-refractivity contribution in [2.24, 2.45) is 0 Å². The van der Waals surface area contributed by atoms with E-state index < -0.39 is 5.97 Å². The molecule has 0 bridgehead atoms. The maximum atomic E-state index is 11.9. The maximum absolute atomic E-state index is 11.9. The summed E-state index contributed by atoms with van der Waals surface area (Å²) in [6, 6.07) is 12.9. The number of pyridine rings is 1. The molecule has 0 aliphatic heterocycles. The maximum Gasteiger partial charge on any atom is 0.336 e. The van der Waals surface area contributed by atoms with Gasteiger partial charge in [-0.2, -0.15) is 0 Å². The van der Waals surface area contributed by atoms with Crippen LogP contribution in [-0.2, 0) is 0 Å². The van der Waals surface area contributed by atoms with Crippen molar-refractivity contribution >= 4 is 16.9 Å². The topological polar surface area (TPSA) is 68.7 Å². The molecule has 0 aliphatic carbocycles. The SMILES string of the molecule is COc1cc2nc(-c3ccccc3)c(C)c(C(=O)O)c2cc1OC. The summed E-state index contributed by atoms with van der Waals surface area (Å²) in [5.74, 6) is -0.0119. The fourth-order valence-electron chi connectivity index (χ4n) is 2.84. The fraction of sp³-hybridized carbons (Fsp3) is 0.158. The van der Waals surface area contributed by atoms with Crippen LogP contribution in [-0.4, -0.2) is 30.3 Å². The summed E-state index contributed by atoms with van der Waals surface area (Å²) in [5.41, 5.74) is 2.91. The van der Waals surface area contributed by atoms with E-state index in [2.05, 4.69) is 4.98 Å². The molecule has 1 N–H and O–H groups in total. The van der Waals surface area contributed by atoms with Crippen molar-refractivity contribution in [2.75, 3.05) is 14.2 Å². The highest BCUT2D eigenvalue weighted by molar-refractivity contribution is 6.06. The molecule has 0 spiro atoms. The quantitative estimate of drug-likeness (QED) is 0.788. The van der Waals surface area contributed by atoms with Gasteiger partial charge in [0.1, 0.15) is 0 Å². The van der Waals surface area contributed by atoms with Crippen LogP contribution in [0.1, 0.15) is 15.9 Å². The van der Waals surface area contributed by atoms with E-state index in [1.807, 2.05) is 30.3 Å². The number of carbonyl (C=O) groups is 1. The van der Waals surface area contributed by atoms with Gasteiger partial charge in [-0.05, 0) is 18.6 Å². The van der Waals surface area contributed by atoms with Crippen molar-refractivity contribution in [2.45, 2.75) is 6.92 Å². The molecule has 1 heterocycles. The average Bonchev–Trinajstić information content (AvgIpc) is 2.60. The van der Waals surface area contributed by atoms with E-state index in [1.54, 1.807) is 19.1 Å². The highest BCUT2D eigenvalue weighted by Crippen LogP contribution is 2.36. The number of hydrogen-bond acceptors (Lipinski definition) is 4. The van der Waals surface area contributed by atoms with Gasteiger partial charge in [-0.15, -0.1) is 0 Å². The van der Waals surface area contributed by atoms with E-state index in [1.165, 1.54) is 14.2 Å². The third kappa shape index (κ3) is 2.54. The first-order chi connectivity index (χ1) is 11.6. The van der Waals surface area contributed by atoms with Crippen LogP contribution in [0.2, 0.25) is 0 Å². The fourth-order valence-corrected chi connectivity index (χ4v) is 2.84. The lowest BCUT2D eigenvalue weighted by Crippen LogP contribution is -2.05. The van der Waals surface area contributed by atoms with Crippen LogP contribution in [0.3, 0.4) is 0 Å². The van der Waals surface area contributed by atoms with E-state index in [-0.39, 0.29) is 5.56 Å². The number of nitrogens with zero attached hydrogens (tertiary/aromatic N) is 1. The van der Waals surface area contributed by atoms with Gasteiger partial charge >= 0.3 is 5.97 Å². The molecular weight excluding hydrogens is 306 g/mol. The van der Waals surface area contributed by atoms with Crippen molar-refractivity contribution in [1.82, 2.24) is 4.98 Å². The number of carboxylic acid groups (broad SMARTS) is 1. The van der Waals surface area contributed by atoms with E-state index in [4.69, 9.17) is 9.47 Å². The number of fused-ring (bicyclic) bond motifs is 1. The van der Waals surface area contributed by atoms with Gasteiger partial charge in [-0.25, -0.2) is 9.78 Å². The summed E-state index contributed by atoms with van der Waals surface area (Å²) in [5, 5.41) is 10.3. The smallest absolute Gasteiger partial charge is 0.336 e. The molecule has 3 aromatic rings. The summed E-state index contributed by atoms with van der Waals surface area (Å²) in [4.78, 5) is 16.5. The molecule has 122 valence electrons. The summed E-state index contributed by atoms with van der Waals surface area (Å²) < 4.78 is 10.6. The molecule has 0 saturated heterocycles. The van der Waals surface area contributed by atoms with Crippen molar-refractivity contribution in [1.29, 1.82) is 0 Å². The van der Waals surface area contributed by atoms with Crippen LogP contribution in [0.25, 0.3) is 22.2 Å². The van der Waals surface area contributed by atoms with Gasteiger partial charge in [-0.1, -0.05) is 30.3 Å². The highest BCUT2D eigenvalue weighted by Gasteiger charge is 2.20. The first kappa shape index (κ1) is 15.8. The van der Waals surface area contributed by atoms with Gasteiger partial charge in [0.15, 0.2) is 11.5 Å². The number of aromatic nitrogens is 1. The Hall–Kier alpha value is -3.08. The van der Waals surface area contributed by atoms with Crippen molar-refractivity contribution in [3.05, 3.63) is 53.6 Å². The van der Waals surface area contributed by atoms with Crippen LogP contribution in [0.4, 0.5) is 0 Å². The lowest BCUT2D eigenvalue weighted by atomic mass is 9.97. The Labute approximate surface area is 139 Å². The van der Waals surface area contributed by atoms with Gasteiger partial charge in [0.25, 0.3) is 0 Å². The standard InChI is InChI=1S/C19H17NO4/c1-11-17(19(21)22)13-9-15(23-2)16(24-3)10-14(13)20-18(11)12-7-5-4-6-8-12/h4-10H,1-3H3,(H,21,22). The van der Waals surface area contributed by atoms with Crippen LogP contribution in [0.5, 0.6) is 11.5 Å². The van der Waals surface area contributed by atoms with E-state index in [0.29, 0.717) is 33.7 Å². The number of rotatable bonds is 4. The lowest BCUT2D eigenvalue weighted by molar-refractivity contribution is 0.0698. The highest BCUT2D eigenvalue weighted by atomic mass is 16.5. The second-order valence-corrected chi connectivity index (χ2v) is 5.36. The van der Waals surface area contributed by atoms with Crippen LogP contribution >= 0.6 is 0 Å². The number of aromatic carboxylic acids is 1. The first-order valence-electron chi connectivity index (χ1n) is 7.42. The number of methoxy groups -OCH3 is 2. The van der Waals surface area contributed by atoms with Gasteiger partial charge in [-0.3, -0.25) is 0 Å². The molecule has 0 saturated carbocycles. The Balaban J connectivity index is 2.41. The number of ether oxygens (including phenoxy) is 2. The van der Waals surface area contributed by atoms with Crippen LogP contribution in [0.15, 0.2) is 42.5 Å². The van der Waals surface area contributed by atoms with E-state index in [9.17, 15) is 9.90 Å². The summed E-state index contributed by atoms with van der Waals surface area (Å²) in [7, 11) is 3.05. The van der Waals surface area contributed by atoms with Gasteiger partial charge in [0.05, 0.1) is 31.0 Å². The average molecular weight is 323 g/mol. The normalized spacial score (nSPS) is 10.6. The number of benzene rings is 2. The predicted octanol–water partition coefficient (Wildman–Crippen LogP) is 3.93. The molecule has 0 atom stereocenters. The van der Waals surface area contributed by atoms with Gasteiger partial charge < -0.3 is 14.6 Å². The minimum absolute atomic E-state index is 0.222. The van der Waals surface area contributed by atoms with Gasteiger partial charge in [0.2, 0.25) is 0 Å². The second kappa shape index (κ2) is 6.20. The Morgan fingerprint density at radius 2 is 1.67 bits per heavy atom. The van der Waals surface area contributed by atoms with Crippen LogP contribution in [0, 0.1) is 6.92 Å². The molecule has 3 rings (SSSR count). The Morgan fingerprint density at radius 3 is 2.25 bits per heavy atom. The monoisotopic (exact) mass is 323 g/mol. The zero-order valence-corrected chi connectivity index (χ0v) is 13.7. The molecule has 24 heavy (non-hydrogen) atoms. The molecule has 0 amide bonds. The molecule has 1 aromatic heterocycles. The third-order valence-corrected chi connectivity index (χ3v) is 3.99. The summed E-state index contributed by atoms with van der Waals surface area (Å²) in [6.45, 7) is 1.77. The Morgan fingerprint density at radius 1 is 1.04 bits per heavy atom. The van der Waals surface area contributed by atoms with Crippen molar-refractivity contribution in [3.63, 3.8) is 0 Å². The number of hydrogen-bond donors (Lipinski definition) is 1. The zero-order valence-electron chi connectivity index (χ0n) is 13.7. The van der Waals surface area contributed by atoms with E-state index >= 15 is 0 Å². The minimum atomic E-state index is -0.996. The summed E-state index contributed by atoms with van der Waals surface area (Å²) in [6.07, 6.45) is 0. The third-order valence-electron chi connectivity index (χ3n) is 3.99. The molecule has 5 nitrogen and oxygen atoms in total. The molecule has 5 heteroatoms. The minimum Gasteiger partial charge on any atom is -0.493 e. The zero-order chi connectivity index (χ0) is 17.3. The Kier molecular flexibility index (Phi) is 4.08. The predicted molar refractivity (Wildman–Crippen MR) is 92.0 cm³/mol.